The Bertz CT molecular complexity index is 349. The molecule has 17 heavy (non-hydrogen) atoms. The lowest BCUT2D eigenvalue weighted by Gasteiger charge is -2.36. The molecule has 0 bridgehead atoms. The van der Waals surface area contributed by atoms with Crippen LogP contribution in [0.15, 0.2) is 0 Å². The molecule has 2 rings (SSSR count). The maximum Gasteiger partial charge on any atom is 0.188 e. The first-order valence-electron chi connectivity index (χ1n) is 6.34. The Hall–Kier alpha value is -1.01. The molecule has 96 valence electrons. The summed E-state index contributed by atoms with van der Waals surface area (Å²) in [6.07, 6.45) is 5.10. The molecule has 1 aromatic rings. The molecule has 0 aromatic carbocycles. The van der Waals surface area contributed by atoms with Crippen LogP contribution in [0.2, 0.25) is 0 Å². The van der Waals surface area contributed by atoms with E-state index in [2.05, 4.69) is 27.4 Å². The summed E-state index contributed by atoms with van der Waals surface area (Å²) in [5.41, 5.74) is 5.85. The van der Waals surface area contributed by atoms with E-state index in [-0.39, 0.29) is 0 Å². The van der Waals surface area contributed by atoms with Crippen molar-refractivity contribution in [1.29, 1.82) is 0 Å². The fourth-order valence-electron chi connectivity index (χ4n) is 2.77. The molecule has 2 atom stereocenters. The van der Waals surface area contributed by atoms with Crippen LogP contribution in [0.4, 0.5) is 0 Å². The van der Waals surface area contributed by atoms with Gasteiger partial charge in [0, 0.05) is 6.04 Å². The van der Waals surface area contributed by atoms with Crippen LogP contribution in [0.3, 0.4) is 0 Å². The molecule has 1 heterocycles. The SMILES string of the molecule is CN(Cc1nnn(C)n1)C1CCCCC1CN. The van der Waals surface area contributed by atoms with E-state index >= 15 is 0 Å². The predicted octanol–water partition coefficient (Wildman–Crippen LogP) is 0.159. The van der Waals surface area contributed by atoms with E-state index < -0.39 is 0 Å². The number of tetrazole rings is 1. The van der Waals surface area contributed by atoms with Crippen LogP contribution in [0, 0.1) is 5.92 Å². The Morgan fingerprint density at radius 1 is 1.41 bits per heavy atom. The first-order valence-corrected chi connectivity index (χ1v) is 6.34. The van der Waals surface area contributed by atoms with Gasteiger partial charge in [0.05, 0.1) is 13.6 Å². The lowest BCUT2D eigenvalue weighted by Crippen LogP contribution is -2.42. The molecule has 0 aliphatic heterocycles. The van der Waals surface area contributed by atoms with Gasteiger partial charge in [-0.15, -0.1) is 10.2 Å². The minimum atomic E-state index is 0.567. The molecule has 2 N–H and O–H groups in total. The van der Waals surface area contributed by atoms with Crippen molar-refractivity contribution in [2.75, 3.05) is 13.6 Å². The van der Waals surface area contributed by atoms with E-state index in [0.717, 1.165) is 18.9 Å². The summed E-state index contributed by atoms with van der Waals surface area (Å²) in [6, 6.07) is 0.567. The van der Waals surface area contributed by atoms with Crippen LogP contribution in [0.1, 0.15) is 31.5 Å². The molecule has 6 heteroatoms. The predicted molar refractivity (Wildman–Crippen MR) is 65.1 cm³/mol. The average molecular weight is 238 g/mol. The summed E-state index contributed by atoms with van der Waals surface area (Å²) in [4.78, 5) is 3.83. The summed E-state index contributed by atoms with van der Waals surface area (Å²) in [6.45, 7) is 1.54. The third kappa shape index (κ3) is 3.01. The molecule has 2 unspecified atom stereocenters. The van der Waals surface area contributed by atoms with Crippen LogP contribution in [0.5, 0.6) is 0 Å². The molecule has 1 aromatic heterocycles. The highest BCUT2D eigenvalue weighted by Gasteiger charge is 2.27. The third-order valence-corrected chi connectivity index (χ3v) is 3.68. The molecule has 1 aliphatic rings. The normalized spacial score (nSPS) is 25.4. The summed E-state index contributed by atoms with van der Waals surface area (Å²) >= 11 is 0. The lowest BCUT2D eigenvalue weighted by atomic mass is 9.84. The first-order chi connectivity index (χ1) is 8.20. The highest BCUT2D eigenvalue weighted by Crippen LogP contribution is 2.27. The molecule has 0 saturated heterocycles. The van der Waals surface area contributed by atoms with Crippen LogP contribution in [-0.2, 0) is 13.6 Å². The van der Waals surface area contributed by atoms with Gasteiger partial charge in [-0.1, -0.05) is 12.8 Å². The molecule has 0 spiro atoms. The number of rotatable bonds is 4. The Labute approximate surface area is 102 Å². The number of aryl methyl sites for hydroxylation is 1. The van der Waals surface area contributed by atoms with Gasteiger partial charge in [-0.25, -0.2) is 0 Å². The van der Waals surface area contributed by atoms with Crippen LogP contribution < -0.4 is 5.73 Å². The van der Waals surface area contributed by atoms with Gasteiger partial charge in [0.25, 0.3) is 0 Å². The monoisotopic (exact) mass is 238 g/mol. The molecule has 1 fully saturated rings. The second-order valence-electron chi connectivity index (χ2n) is 4.96. The summed E-state index contributed by atoms with van der Waals surface area (Å²) in [5.74, 6) is 1.40. The zero-order valence-corrected chi connectivity index (χ0v) is 10.7. The molecule has 6 nitrogen and oxygen atoms in total. The zero-order chi connectivity index (χ0) is 12.3. The number of nitrogens with two attached hydrogens (primary N) is 1. The number of nitrogens with zero attached hydrogens (tertiary/aromatic N) is 5. The molecule has 1 aliphatic carbocycles. The fourth-order valence-corrected chi connectivity index (χ4v) is 2.77. The number of hydrogen-bond acceptors (Lipinski definition) is 5. The van der Waals surface area contributed by atoms with Crippen LogP contribution in [-0.4, -0.2) is 44.7 Å². The van der Waals surface area contributed by atoms with Crippen molar-refractivity contribution < 1.29 is 0 Å². The van der Waals surface area contributed by atoms with Gasteiger partial charge in [-0.05, 0) is 37.6 Å². The van der Waals surface area contributed by atoms with E-state index in [9.17, 15) is 0 Å². The van der Waals surface area contributed by atoms with E-state index in [1.807, 2.05) is 0 Å². The first kappa shape index (κ1) is 12.4. The van der Waals surface area contributed by atoms with Crippen molar-refractivity contribution in [3.05, 3.63) is 5.82 Å². The molecule has 1 saturated carbocycles. The second kappa shape index (κ2) is 5.55. The topological polar surface area (TPSA) is 72.9 Å². The highest BCUT2D eigenvalue weighted by molar-refractivity contribution is 4.85. The molecular weight excluding hydrogens is 216 g/mol. The summed E-state index contributed by atoms with van der Waals surface area (Å²) < 4.78 is 0. The Morgan fingerprint density at radius 3 is 2.82 bits per heavy atom. The average Bonchev–Trinajstić information content (AvgIpc) is 2.74. The minimum absolute atomic E-state index is 0.567. The van der Waals surface area contributed by atoms with Gasteiger partial charge in [0.1, 0.15) is 0 Å². The smallest absolute Gasteiger partial charge is 0.188 e. The van der Waals surface area contributed by atoms with Crippen molar-refractivity contribution in [2.45, 2.75) is 38.3 Å². The van der Waals surface area contributed by atoms with Gasteiger partial charge < -0.3 is 5.73 Å². The van der Waals surface area contributed by atoms with Gasteiger partial charge >= 0.3 is 0 Å². The summed E-state index contributed by atoms with van der Waals surface area (Å²) in [7, 11) is 3.93. The van der Waals surface area contributed by atoms with Crippen molar-refractivity contribution >= 4 is 0 Å². The summed E-state index contributed by atoms with van der Waals surface area (Å²) in [5, 5.41) is 12.1. The Morgan fingerprint density at radius 2 is 2.18 bits per heavy atom. The van der Waals surface area contributed by atoms with E-state index in [1.54, 1.807) is 7.05 Å². The number of aromatic nitrogens is 4. The lowest BCUT2D eigenvalue weighted by molar-refractivity contribution is 0.125. The van der Waals surface area contributed by atoms with Crippen LogP contribution >= 0.6 is 0 Å². The van der Waals surface area contributed by atoms with E-state index in [1.165, 1.54) is 30.5 Å². The van der Waals surface area contributed by atoms with Crippen molar-refractivity contribution in [3.8, 4) is 0 Å². The van der Waals surface area contributed by atoms with Crippen molar-refractivity contribution in [2.24, 2.45) is 18.7 Å². The highest BCUT2D eigenvalue weighted by atomic mass is 15.6. The maximum atomic E-state index is 5.85. The third-order valence-electron chi connectivity index (χ3n) is 3.68. The largest absolute Gasteiger partial charge is 0.330 e. The van der Waals surface area contributed by atoms with E-state index in [4.69, 9.17) is 5.73 Å². The fraction of sp³-hybridized carbons (Fsp3) is 0.909. The molecule has 0 radical (unpaired) electrons. The molecular formula is C11H22N6. The van der Waals surface area contributed by atoms with E-state index in [0.29, 0.717) is 12.0 Å². The Kier molecular flexibility index (Phi) is 4.06. The van der Waals surface area contributed by atoms with Gasteiger partial charge in [-0.2, -0.15) is 4.80 Å². The second-order valence-corrected chi connectivity index (χ2v) is 4.96. The van der Waals surface area contributed by atoms with Crippen molar-refractivity contribution in [1.82, 2.24) is 25.1 Å². The number of hydrogen-bond donors (Lipinski definition) is 1. The standard InChI is InChI=1S/C11H22N6/c1-16(8-11-13-15-17(2)14-11)10-6-4-3-5-9(10)7-12/h9-10H,3-8,12H2,1-2H3. The Balaban J connectivity index is 1.95. The van der Waals surface area contributed by atoms with Crippen LogP contribution in [0.25, 0.3) is 0 Å². The maximum absolute atomic E-state index is 5.85. The van der Waals surface area contributed by atoms with Gasteiger partial charge in [0.2, 0.25) is 0 Å². The zero-order valence-electron chi connectivity index (χ0n) is 10.7. The van der Waals surface area contributed by atoms with Gasteiger partial charge in [-0.3, -0.25) is 4.90 Å². The quantitative estimate of drug-likeness (QED) is 0.809. The minimum Gasteiger partial charge on any atom is -0.330 e. The molecule has 0 amide bonds. The van der Waals surface area contributed by atoms with Crippen molar-refractivity contribution in [3.63, 3.8) is 0 Å². The van der Waals surface area contributed by atoms with Gasteiger partial charge in [0.15, 0.2) is 5.82 Å².